The summed E-state index contributed by atoms with van der Waals surface area (Å²) >= 11 is 0. The third kappa shape index (κ3) is 1.94. The van der Waals surface area contributed by atoms with Crippen LogP contribution in [0.1, 0.15) is 36.1 Å². The van der Waals surface area contributed by atoms with E-state index in [2.05, 4.69) is 6.07 Å². The van der Waals surface area contributed by atoms with E-state index in [1.54, 1.807) is 0 Å². The normalized spacial score (nSPS) is 11.1. The standard InChI is InChI=1S/C12H16N2/c1-8-5-9(2)11(12(3,4)14)6-10(8)7-13/h5-6H,14H2,1-4H3. The van der Waals surface area contributed by atoms with Gasteiger partial charge >= 0.3 is 0 Å². The van der Waals surface area contributed by atoms with Gasteiger partial charge in [0.05, 0.1) is 11.6 Å². The van der Waals surface area contributed by atoms with Gasteiger partial charge in [-0.3, -0.25) is 0 Å². The first-order valence-corrected chi connectivity index (χ1v) is 4.67. The molecule has 0 spiro atoms. The molecule has 0 aliphatic rings. The van der Waals surface area contributed by atoms with Crippen molar-refractivity contribution in [2.24, 2.45) is 5.73 Å². The number of aryl methyl sites for hydroxylation is 2. The molecule has 0 saturated carbocycles. The molecule has 0 unspecified atom stereocenters. The smallest absolute Gasteiger partial charge is 0.0994 e. The third-order valence-corrected chi connectivity index (χ3v) is 2.39. The first kappa shape index (κ1) is 10.7. The van der Waals surface area contributed by atoms with E-state index in [4.69, 9.17) is 11.0 Å². The molecule has 0 atom stereocenters. The Kier molecular flexibility index (Phi) is 2.64. The highest BCUT2D eigenvalue weighted by molar-refractivity contribution is 5.45. The van der Waals surface area contributed by atoms with E-state index in [1.807, 2.05) is 39.8 Å². The lowest BCUT2D eigenvalue weighted by Crippen LogP contribution is -2.29. The molecule has 2 heteroatoms. The van der Waals surface area contributed by atoms with Crippen molar-refractivity contribution in [3.8, 4) is 6.07 Å². The zero-order valence-electron chi connectivity index (χ0n) is 9.18. The van der Waals surface area contributed by atoms with Gasteiger partial charge in [-0.05, 0) is 50.5 Å². The summed E-state index contributed by atoms with van der Waals surface area (Å²) in [5.74, 6) is 0. The van der Waals surface area contributed by atoms with Crippen LogP contribution in [0, 0.1) is 25.2 Å². The summed E-state index contributed by atoms with van der Waals surface area (Å²) in [6.07, 6.45) is 0. The first-order chi connectivity index (χ1) is 6.36. The van der Waals surface area contributed by atoms with Gasteiger partial charge in [0.25, 0.3) is 0 Å². The molecule has 0 fully saturated rings. The van der Waals surface area contributed by atoms with E-state index in [0.717, 1.165) is 16.7 Å². The van der Waals surface area contributed by atoms with Crippen LogP contribution in [0.15, 0.2) is 12.1 Å². The molecule has 1 rings (SSSR count). The largest absolute Gasteiger partial charge is 0.322 e. The van der Waals surface area contributed by atoms with Crippen LogP contribution in [0.4, 0.5) is 0 Å². The second-order valence-corrected chi connectivity index (χ2v) is 4.32. The van der Waals surface area contributed by atoms with E-state index >= 15 is 0 Å². The Morgan fingerprint density at radius 1 is 1.21 bits per heavy atom. The predicted octanol–water partition coefficient (Wildman–Crippen LogP) is 2.37. The van der Waals surface area contributed by atoms with Crippen LogP contribution in [0.3, 0.4) is 0 Å². The van der Waals surface area contributed by atoms with Crippen molar-refractivity contribution >= 4 is 0 Å². The zero-order valence-corrected chi connectivity index (χ0v) is 9.18. The van der Waals surface area contributed by atoms with Crippen molar-refractivity contribution in [2.45, 2.75) is 33.2 Å². The highest BCUT2D eigenvalue weighted by Gasteiger charge is 2.17. The Morgan fingerprint density at radius 3 is 2.21 bits per heavy atom. The Bertz CT molecular complexity index is 392. The summed E-state index contributed by atoms with van der Waals surface area (Å²) in [6, 6.07) is 6.09. The second-order valence-electron chi connectivity index (χ2n) is 4.32. The fraction of sp³-hybridized carbons (Fsp3) is 0.417. The fourth-order valence-electron chi connectivity index (χ4n) is 1.67. The molecule has 1 aromatic carbocycles. The third-order valence-electron chi connectivity index (χ3n) is 2.39. The molecule has 74 valence electrons. The lowest BCUT2D eigenvalue weighted by atomic mass is 9.88. The topological polar surface area (TPSA) is 49.8 Å². The first-order valence-electron chi connectivity index (χ1n) is 4.67. The molecule has 0 aliphatic heterocycles. The highest BCUT2D eigenvalue weighted by atomic mass is 14.7. The summed E-state index contributed by atoms with van der Waals surface area (Å²) in [5.41, 5.74) is 9.55. The van der Waals surface area contributed by atoms with Gasteiger partial charge < -0.3 is 5.73 Å². The van der Waals surface area contributed by atoms with Gasteiger partial charge in [-0.25, -0.2) is 0 Å². The van der Waals surface area contributed by atoms with Crippen molar-refractivity contribution < 1.29 is 0 Å². The summed E-state index contributed by atoms with van der Waals surface area (Å²) in [4.78, 5) is 0. The molecular formula is C12H16N2. The van der Waals surface area contributed by atoms with Crippen molar-refractivity contribution in [3.63, 3.8) is 0 Å². The van der Waals surface area contributed by atoms with Gasteiger partial charge in [-0.15, -0.1) is 0 Å². The van der Waals surface area contributed by atoms with E-state index in [-0.39, 0.29) is 5.54 Å². The summed E-state index contributed by atoms with van der Waals surface area (Å²) in [6.45, 7) is 7.87. The minimum Gasteiger partial charge on any atom is -0.322 e. The lowest BCUT2D eigenvalue weighted by Gasteiger charge is -2.22. The molecule has 1 aromatic rings. The predicted molar refractivity (Wildman–Crippen MR) is 57.8 cm³/mol. The van der Waals surface area contributed by atoms with Crippen LogP contribution in [-0.4, -0.2) is 0 Å². The van der Waals surface area contributed by atoms with E-state index in [1.165, 1.54) is 0 Å². The van der Waals surface area contributed by atoms with Crippen LogP contribution in [0.5, 0.6) is 0 Å². The summed E-state index contributed by atoms with van der Waals surface area (Å²) in [5, 5.41) is 8.91. The molecule has 2 nitrogen and oxygen atoms in total. The number of nitrogens with two attached hydrogens (primary N) is 1. The number of hydrogen-bond acceptors (Lipinski definition) is 2. The van der Waals surface area contributed by atoms with Crippen molar-refractivity contribution in [1.29, 1.82) is 5.26 Å². The highest BCUT2D eigenvalue weighted by Crippen LogP contribution is 2.24. The number of nitriles is 1. The molecule has 0 heterocycles. The number of rotatable bonds is 1. The zero-order chi connectivity index (χ0) is 10.9. The molecule has 0 aromatic heterocycles. The van der Waals surface area contributed by atoms with Gasteiger partial charge in [-0.2, -0.15) is 5.26 Å². The molecule has 2 N–H and O–H groups in total. The Balaban J connectivity index is 3.41. The minimum atomic E-state index is -0.386. The Hall–Kier alpha value is -1.33. The quantitative estimate of drug-likeness (QED) is 0.735. The van der Waals surface area contributed by atoms with Gasteiger partial charge in [0.15, 0.2) is 0 Å². The van der Waals surface area contributed by atoms with Crippen LogP contribution in [0.2, 0.25) is 0 Å². The Morgan fingerprint density at radius 2 is 1.79 bits per heavy atom. The number of benzene rings is 1. The van der Waals surface area contributed by atoms with Crippen LogP contribution in [-0.2, 0) is 5.54 Å². The van der Waals surface area contributed by atoms with Gasteiger partial charge in [0, 0.05) is 5.54 Å². The van der Waals surface area contributed by atoms with Crippen LogP contribution >= 0.6 is 0 Å². The Labute approximate surface area is 85.4 Å². The van der Waals surface area contributed by atoms with Gasteiger partial charge in [0.1, 0.15) is 0 Å². The van der Waals surface area contributed by atoms with E-state index < -0.39 is 0 Å². The average Bonchev–Trinajstić information content (AvgIpc) is 2.02. The molecule has 0 saturated heterocycles. The second kappa shape index (κ2) is 3.43. The minimum absolute atomic E-state index is 0.386. The monoisotopic (exact) mass is 188 g/mol. The molecule has 14 heavy (non-hydrogen) atoms. The average molecular weight is 188 g/mol. The molecular weight excluding hydrogens is 172 g/mol. The van der Waals surface area contributed by atoms with E-state index in [0.29, 0.717) is 5.56 Å². The molecule has 0 bridgehead atoms. The lowest BCUT2D eigenvalue weighted by molar-refractivity contribution is 0.550. The molecule has 0 radical (unpaired) electrons. The SMILES string of the molecule is Cc1cc(C)c(C(C)(C)N)cc1C#N. The summed E-state index contributed by atoms with van der Waals surface area (Å²) < 4.78 is 0. The van der Waals surface area contributed by atoms with Crippen LogP contribution < -0.4 is 5.73 Å². The van der Waals surface area contributed by atoms with Crippen LogP contribution in [0.25, 0.3) is 0 Å². The number of nitrogens with zero attached hydrogens (tertiary/aromatic N) is 1. The maximum absolute atomic E-state index is 8.91. The van der Waals surface area contributed by atoms with Crippen molar-refractivity contribution in [3.05, 3.63) is 34.4 Å². The number of hydrogen-bond donors (Lipinski definition) is 1. The van der Waals surface area contributed by atoms with Crippen molar-refractivity contribution in [2.75, 3.05) is 0 Å². The van der Waals surface area contributed by atoms with Crippen molar-refractivity contribution in [1.82, 2.24) is 0 Å². The maximum atomic E-state index is 8.91. The van der Waals surface area contributed by atoms with Gasteiger partial charge in [0.2, 0.25) is 0 Å². The fourth-order valence-corrected chi connectivity index (χ4v) is 1.67. The molecule has 0 aliphatic carbocycles. The summed E-state index contributed by atoms with van der Waals surface area (Å²) in [7, 11) is 0. The molecule has 0 amide bonds. The maximum Gasteiger partial charge on any atom is 0.0994 e. The van der Waals surface area contributed by atoms with Gasteiger partial charge in [-0.1, -0.05) is 6.07 Å². The van der Waals surface area contributed by atoms with E-state index in [9.17, 15) is 0 Å².